The molecule has 0 amide bonds. The third-order valence-corrected chi connectivity index (χ3v) is 2.67. The minimum Gasteiger partial charge on any atom is -0.493 e. The molecule has 2 rings (SSSR count). The van der Waals surface area contributed by atoms with E-state index in [0.717, 1.165) is 5.56 Å². The van der Waals surface area contributed by atoms with Gasteiger partial charge in [-0.2, -0.15) is 0 Å². The molecule has 1 aromatic heterocycles. The molecule has 1 heterocycles. The molecular weight excluding hydrogens is 256 g/mol. The van der Waals surface area contributed by atoms with E-state index in [-0.39, 0.29) is 12.7 Å². The first-order valence-electron chi connectivity index (χ1n) is 6.41. The molecule has 0 saturated carbocycles. The van der Waals surface area contributed by atoms with E-state index in [9.17, 15) is 0 Å². The van der Waals surface area contributed by atoms with Gasteiger partial charge in [-0.25, -0.2) is 4.98 Å². The van der Waals surface area contributed by atoms with Crippen LogP contribution in [0.4, 0.5) is 0 Å². The highest BCUT2D eigenvalue weighted by Crippen LogP contribution is 2.32. The quantitative estimate of drug-likeness (QED) is 0.907. The summed E-state index contributed by atoms with van der Waals surface area (Å²) in [4.78, 5) is 8.40. The van der Waals surface area contributed by atoms with Crippen LogP contribution >= 0.6 is 0 Å². The zero-order valence-corrected chi connectivity index (χ0v) is 11.8. The molecule has 20 heavy (non-hydrogen) atoms. The van der Waals surface area contributed by atoms with Crippen molar-refractivity contribution in [2.45, 2.75) is 26.6 Å². The fraction of sp³-hybridized carbons (Fsp3) is 0.333. The third kappa shape index (κ3) is 3.24. The van der Waals surface area contributed by atoms with Crippen molar-refractivity contribution in [1.29, 1.82) is 0 Å². The highest BCUT2D eigenvalue weighted by atomic mass is 16.5. The highest BCUT2D eigenvalue weighted by molar-refractivity contribution is 5.63. The van der Waals surface area contributed by atoms with E-state index in [1.807, 2.05) is 32.0 Å². The van der Waals surface area contributed by atoms with Gasteiger partial charge in [0.25, 0.3) is 0 Å². The van der Waals surface area contributed by atoms with E-state index in [1.165, 1.54) is 0 Å². The smallest absolute Gasteiger partial charge is 0.162 e. The number of rotatable bonds is 5. The summed E-state index contributed by atoms with van der Waals surface area (Å²) in [5, 5.41) is 9.12. The lowest BCUT2D eigenvalue weighted by molar-refractivity contribution is 0.230. The van der Waals surface area contributed by atoms with Crippen LogP contribution in [0.1, 0.15) is 19.5 Å². The van der Waals surface area contributed by atoms with Crippen LogP contribution in [-0.2, 0) is 6.61 Å². The number of hydrogen-bond acceptors (Lipinski definition) is 5. The van der Waals surface area contributed by atoms with Crippen molar-refractivity contribution >= 4 is 0 Å². The molecule has 5 heteroatoms. The number of methoxy groups -OCH3 is 1. The average molecular weight is 274 g/mol. The van der Waals surface area contributed by atoms with E-state index in [1.54, 1.807) is 19.5 Å². The largest absolute Gasteiger partial charge is 0.493 e. The Kier molecular flexibility index (Phi) is 4.53. The van der Waals surface area contributed by atoms with Crippen molar-refractivity contribution in [3.63, 3.8) is 0 Å². The zero-order chi connectivity index (χ0) is 14.5. The summed E-state index contributed by atoms with van der Waals surface area (Å²) in [6.45, 7) is 3.78. The van der Waals surface area contributed by atoms with Crippen LogP contribution in [0, 0.1) is 0 Å². The maximum atomic E-state index is 9.12. The second-order valence-electron chi connectivity index (χ2n) is 4.59. The van der Waals surface area contributed by atoms with Crippen molar-refractivity contribution < 1.29 is 14.6 Å². The summed E-state index contributed by atoms with van der Waals surface area (Å²) in [7, 11) is 1.61. The lowest BCUT2D eigenvalue weighted by atomic mass is 10.1. The van der Waals surface area contributed by atoms with Crippen LogP contribution in [0.3, 0.4) is 0 Å². The van der Waals surface area contributed by atoms with E-state index in [0.29, 0.717) is 22.9 Å². The number of hydrogen-bond donors (Lipinski definition) is 1. The molecular formula is C15H18N2O3. The predicted octanol–water partition coefficient (Wildman–Crippen LogP) is 2.43. The predicted molar refractivity (Wildman–Crippen MR) is 75.7 cm³/mol. The van der Waals surface area contributed by atoms with Crippen LogP contribution in [0.5, 0.6) is 11.5 Å². The molecule has 0 aliphatic carbocycles. The number of benzene rings is 1. The lowest BCUT2D eigenvalue weighted by Crippen LogP contribution is -2.06. The second kappa shape index (κ2) is 6.34. The summed E-state index contributed by atoms with van der Waals surface area (Å²) >= 11 is 0. The molecule has 0 fully saturated rings. The molecule has 0 bridgehead atoms. The van der Waals surface area contributed by atoms with Gasteiger partial charge in [0.2, 0.25) is 0 Å². The molecule has 0 spiro atoms. The molecule has 0 unspecified atom stereocenters. The van der Waals surface area contributed by atoms with Gasteiger partial charge in [-0.05, 0) is 32.0 Å². The highest BCUT2D eigenvalue weighted by Gasteiger charge is 2.10. The maximum Gasteiger partial charge on any atom is 0.162 e. The first-order chi connectivity index (χ1) is 9.63. The number of aliphatic hydroxyl groups excluding tert-OH is 1. The second-order valence-corrected chi connectivity index (χ2v) is 4.59. The minimum absolute atomic E-state index is 0.0500. The average Bonchev–Trinajstić information content (AvgIpc) is 2.46. The minimum atomic E-state index is -0.133. The number of ether oxygens (including phenoxy) is 2. The molecule has 1 N–H and O–H groups in total. The standard InChI is InChI=1S/C15H18N2O3/c1-10(2)20-15-6-11(4-5-14(15)19-3)13-8-16-7-12(9-18)17-13/h4-8,10,18H,9H2,1-3H3. The molecule has 5 nitrogen and oxygen atoms in total. The number of aromatic nitrogens is 2. The summed E-state index contributed by atoms with van der Waals surface area (Å²) in [6.07, 6.45) is 3.24. The van der Waals surface area contributed by atoms with Gasteiger partial charge in [-0.15, -0.1) is 0 Å². The summed E-state index contributed by atoms with van der Waals surface area (Å²) in [5.41, 5.74) is 2.08. The van der Waals surface area contributed by atoms with Crippen molar-refractivity contribution in [3.8, 4) is 22.8 Å². The van der Waals surface area contributed by atoms with Gasteiger partial charge in [0.15, 0.2) is 11.5 Å². The SMILES string of the molecule is COc1ccc(-c2cncc(CO)n2)cc1OC(C)C. The van der Waals surface area contributed by atoms with Crippen LogP contribution in [0.2, 0.25) is 0 Å². The summed E-state index contributed by atoms with van der Waals surface area (Å²) in [6, 6.07) is 5.58. The molecule has 0 aliphatic heterocycles. The monoisotopic (exact) mass is 274 g/mol. The Morgan fingerprint density at radius 2 is 2.00 bits per heavy atom. The van der Waals surface area contributed by atoms with Gasteiger partial charge in [0.1, 0.15) is 0 Å². The van der Waals surface area contributed by atoms with Crippen LogP contribution in [0.25, 0.3) is 11.3 Å². The number of nitrogens with zero attached hydrogens (tertiary/aromatic N) is 2. The third-order valence-electron chi connectivity index (χ3n) is 2.67. The fourth-order valence-corrected chi connectivity index (χ4v) is 1.80. The van der Waals surface area contributed by atoms with Crippen LogP contribution < -0.4 is 9.47 Å². The Morgan fingerprint density at radius 1 is 1.20 bits per heavy atom. The topological polar surface area (TPSA) is 64.5 Å². The molecule has 0 aliphatic rings. The Hall–Kier alpha value is -2.14. The lowest BCUT2D eigenvalue weighted by Gasteiger charge is -2.14. The molecule has 0 atom stereocenters. The van der Waals surface area contributed by atoms with Gasteiger partial charge < -0.3 is 14.6 Å². The van der Waals surface area contributed by atoms with E-state index >= 15 is 0 Å². The van der Waals surface area contributed by atoms with Crippen molar-refractivity contribution in [2.24, 2.45) is 0 Å². The van der Waals surface area contributed by atoms with E-state index in [4.69, 9.17) is 14.6 Å². The van der Waals surface area contributed by atoms with Gasteiger partial charge in [-0.3, -0.25) is 4.98 Å². The molecule has 1 aromatic carbocycles. The molecule has 0 saturated heterocycles. The Balaban J connectivity index is 2.41. The Morgan fingerprint density at radius 3 is 2.65 bits per heavy atom. The van der Waals surface area contributed by atoms with Gasteiger partial charge in [0, 0.05) is 5.56 Å². The van der Waals surface area contributed by atoms with E-state index in [2.05, 4.69) is 9.97 Å². The molecule has 2 aromatic rings. The Bertz CT molecular complexity index is 585. The zero-order valence-electron chi connectivity index (χ0n) is 11.8. The maximum absolute atomic E-state index is 9.12. The van der Waals surface area contributed by atoms with Crippen LogP contribution in [-0.4, -0.2) is 28.3 Å². The fourth-order valence-electron chi connectivity index (χ4n) is 1.80. The van der Waals surface area contributed by atoms with Crippen molar-refractivity contribution in [1.82, 2.24) is 9.97 Å². The number of aliphatic hydroxyl groups is 1. The van der Waals surface area contributed by atoms with Gasteiger partial charge in [0.05, 0.1) is 43.6 Å². The summed E-state index contributed by atoms with van der Waals surface area (Å²) < 4.78 is 11.0. The van der Waals surface area contributed by atoms with Gasteiger partial charge in [-0.1, -0.05) is 0 Å². The first-order valence-corrected chi connectivity index (χ1v) is 6.41. The first kappa shape index (κ1) is 14.3. The van der Waals surface area contributed by atoms with Crippen molar-refractivity contribution in [2.75, 3.05) is 7.11 Å². The summed E-state index contributed by atoms with van der Waals surface area (Å²) in [5.74, 6) is 1.34. The normalized spacial score (nSPS) is 10.7. The van der Waals surface area contributed by atoms with Crippen LogP contribution in [0.15, 0.2) is 30.6 Å². The van der Waals surface area contributed by atoms with Crippen molar-refractivity contribution in [3.05, 3.63) is 36.3 Å². The molecule has 106 valence electrons. The van der Waals surface area contributed by atoms with Gasteiger partial charge >= 0.3 is 0 Å². The Labute approximate surface area is 118 Å². The van der Waals surface area contributed by atoms with E-state index < -0.39 is 0 Å². The molecule has 0 radical (unpaired) electrons.